The third kappa shape index (κ3) is 3.14. The van der Waals surface area contributed by atoms with Crippen LogP contribution >= 0.6 is 11.6 Å². The van der Waals surface area contributed by atoms with Crippen LogP contribution in [0, 0.1) is 0 Å². The Morgan fingerprint density at radius 2 is 1.87 bits per heavy atom. The second kappa shape index (κ2) is 6.30. The van der Waals surface area contributed by atoms with Gasteiger partial charge in [0.15, 0.2) is 0 Å². The minimum Gasteiger partial charge on any atom is -0.467 e. The number of aromatic nitrogens is 3. The van der Waals surface area contributed by atoms with Crippen molar-refractivity contribution in [3.63, 3.8) is 0 Å². The number of benzene rings is 2. The molecule has 0 radical (unpaired) electrons. The smallest absolute Gasteiger partial charge is 0.348 e. The summed E-state index contributed by atoms with van der Waals surface area (Å²) in [5.74, 6) is 0. The normalized spacial score (nSPS) is 10.7. The molecular weight excluding hydrogens is 314 g/mol. The molecule has 0 aliphatic carbocycles. The Bertz CT molecular complexity index is 882. The van der Waals surface area contributed by atoms with E-state index in [2.05, 4.69) is 5.10 Å². The van der Waals surface area contributed by atoms with Crippen molar-refractivity contribution in [2.24, 2.45) is 7.05 Å². The fourth-order valence-corrected chi connectivity index (χ4v) is 2.57. The van der Waals surface area contributed by atoms with E-state index in [-0.39, 0.29) is 5.69 Å². The van der Waals surface area contributed by atoms with E-state index in [0.717, 1.165) is 16.7 Å². The summed E-state index contributed by atoms with van der Waals surface area (Å²) in [6.45, 7) is 0.400. The van der Waals surface area contributed by atoms with Crippen molar-refractivity contribution in [3.05, 3.63) is 69.6 Å². The highest BCUT2D eigenvalue weighted by molar-refractivity contribution is 6.30. The van der Waals surface area contributed by atoms with Crippen molar-refractivity contribution in [1.82, 2.24) is 14.3 Å². The largest absolute Gasteiger partial charge is 0.467 e. The monoisotopic (exact) mass is 329 g/mol. The molecule has 1 aromatic heterocycles. The lowest BCUT2D eigenvalue weighted by Crippen LogP contribution is -2.23. The van der Waals surface area contributed by atoms with E-state index in [1.807, 2.05) is 48.5 Å². The Morgan fingerprint density at radius 1 is 1.13 bits per heavy atom. The molecule has 6 heteroatoms. The summed E-state index contributed by atoms with van der Waals surface area (Å²) in [4.78, 5) is 12.1. The average Bonchev–Trinajstić information content (AvgIpc) is 2.83. The number of hydrogen-bond acceptors (Lipinski definition) is 3. The third-order valence-electron chi connectivity index (χ3n) is 3.60. The molecule has 0 atom stereocenters. The highest BCUT2D eigenvalue weighted by Crippen LogP contribution is 2.23. The van der Waals surface area contributed by atoms with Crippen molar-refractivity contribution in [1.29, 1.82) is 0 Å². The van der Waals surface area contributed by atoms with Crippen LogP contribution in [-0.4, -0.2) is 21.5 Å². The van der Waals surface area contributed by atoms with E-state index in [9.17, 15) is 4.79 Å². The highest BCUT2D eigenvalue weighted by Gasteiger charge is 2.12. The van der Waals surface area contributed by atoms with Gasteiger partial charge in [0.05, 0.1) is 13.7 Å². The van der Waals surface area contributed by atoms with Crippen molar-refractivity contribution >= 4 is 11.6 Å². The van der Waals surface area contributed by atoms with Crippen molar-refractivity contribution in [2.45, 2.75) is 6.54 Å². The quantitative estimate of drug-likeness (QED) is 0.739. The van der Waals surface area contributed by atoms with Crippen LogP contribution in [0.4, 0.5) is 0 Å². The van der Waals surface area contributed by atoms with Gasteiger partial charge in [-0.05, 0) is 34.9 Å². The third-order valence-corrected chi connectivity index (χ3v) is 3.85. The standard InChI is InChI=1S/C17H16ClN3O2/c1-20-17(22)21(16(19-20)23-2)11-12-4-3-5-14(10-12)13-6-8-15(18)9-7-13/h3-10H,11H2,1-2H3. The van der Waals surface area contributed by atoms with Crippen LogP contribution < -0.4 is 10.4 Å². The number of methoxy groups -OCH3 is 1. The maximum absolute atomic E-state index is 12.1. The Labute approximate surface area is 138 Å². The SMILES string of the molecule is COc1nn(C)c(=O)n1Cc1cccc(-c2ccc(Cl)cc2)c1. The lowest BCUT2D eigenvalue weighted by molar-refractivity contribution is 0.357. The fourth-order valence-electron chi connectivity index (χ4n) is 2.44. The van der Waals surface area contributed by atoms with Gasteiger partial charge in [0, 0.05) is 12.1 Å². The summed E-state index contributed by atoms with van der Waals surface area (Å²) in [7, 11) is 3.11. The topological polar surface area (TPSA) is 49.1 Å². The maximum atomic E-state index is 12.1. The molecule has 0 saturated heterocycles. The van der Waals surface area contributed by atoms with E-state index < -0.39 is 0 Å². The van der Waals surface area contributed by atoms with Crippen molar-refractivity contribution in [3.8, 4) is 17.1 Å². The molecule has 5 nitrogen and oxygen atoms in total. The van der Waals surface area contributed by atoms with Crippen LogP contribution in [0.15, 0.2) is 53.3 Å². The molecule has 0 saturated carbocycles. The van der Waals surface area contributed by atoms with E-state index >= 15 is 0 Å². The zero-order valence-corrected chi connectivity index (χ0v) is 13.6. The summed E-state index contributed by atoms with van der Waals surface area (Å²) in [6, 6.07) is 16.0. The van der Waals surface area contributed by atoms with E-state index in [0.29, 0.717) is 17.6 Å². The van der Waals surface area contributed by atoms with Crippen LogP contribution in [-0.2, 0) is 13.6 Å². The zero-order chi connectivity index (χ0) is 16.4. The number of aryl methyl sites for hydroxylation is 1. The van der Waals surface area contributed by atoms with Crippen molar-refractivity contribution < 1.29 is 4.74 Å². The predicted octanol–water partition coefficient (Wildman–Crippen LogP) is 2.96. The van der Waals surface area contributed by atoms with Gasteiger partial charge in [-0.2, -0.15) is 0 Å². The first-order valence-corrected chi connectivity index (χ1v) is 7.49. The molecule has 0 aliphatic rings. The van der Waals surface area contributed by atoms with Gasteiger partial charge in [0.25, 0.3) is 0 Å². The second-order valence-corrected chi connectivity index (χ2v) is 5.62. The molecule has 118 valence electrons. The first-order valence-electron chi connectivity index (χ1n) is 7.11. The predicted molar refractivity (Wildman–Crippen MR) is 90.0 cm³/mol. The van der Waals surface area contributed by atoms with Gasteiger partial charge < -0.3 is 4.74 Å². The number of hydrogen-bond donors (Lipinski definition) is 0. The van der Waals surface area contributed by atoms with Gasteiger partial charge in [-0.15, -0.1) is 5.10 Å². The van der Waals surface area contributed by atoms with Crippen LogP contribution in [0.5, 0.6) is 6.01 Å². The molecule has 0 fully saturated rings. The first-order chi connectivity index (χ1) is 11.1. The minimum absolute atomic E-state index is 0.209. The summed E-state index contributed by atoms with van der Waals surface area (Å²) in [5.41, 5.74) is 2.92. The molecule has 0 spiro atoms. The number of ether oxygens (including phenoxy) is 1. The zero-order valence-electron chi connectivity index (χ0n) is 12.9. The number of rotatable bonds is 4. The van der Waals surface area contributed by atoms with E-state index in [1.165, 1.54) is 16.4 Å². The molecule has 0 N–H and O–H groups in total. The minimum atomic E-state index is -0.209. The lowest BCUT2D eigenvalue weighted by atomic mass is 10.0. The average molecular weight is 330 g/mol. The molecule has 3 rings (SSSR count). The molecule has 0 aliphatic heterocycles. The summed E-state index contributed by atoms with van der Waals surface area (Å²) < 4.78 is 7.93. The maximum Gasteiger partial charge on any atom is 0.348 e. The molecule has 1 heterocycles. The Morgan fingerprint density at radius 3 is 2.57 bits per heavy atom. The Hall–Kier alpha value is -2.53. The second-order valence-electron chi connectivity index (χ2n) is 5.19. The van der Waals surface area contributed by atoms with Gasteiger partial charge in [-0.25, -0.2) is 14.0 Å². The fraction of sp³-hybridized carbons (Fsp3) is 0.176. The van der Waals surface area contributed by atoms with E-state index in [1.54, 1.807) is 7.05 Å². The summed E-state index contributed by atoms with van der Waals surface area (Å²) in [5, 5.41) is 4.75. The molecule has 0 bridgehead atoms. The van der Waals surface area contributed by atoms with Crippen LogP contribution in [0.1, 0.15) is 5.56 Å². The molecule has 0 amide bonds. The van der Waals surface area contributed by atoms with E-state index in [4.69, 9.17) is 16.3 Å². The van der Waals surface area contributed by atoms with Crippen molar-refractivity contribution in [2.75, 3.05) is 7.11 Å². The number of nitrogens with zero attached hydrogens (tertiary/aromatic N) is 3. The van der Waals surface area contributed by atoms with Gasteiger partial charge in [0.2, 0.25) is 0 Å². The molecule has 3 aromatic rings. The highest BCUT2D eigenvalue weighted by atomic mass is 35.5. The van der Waals surface area contributed by atoms with Gasteiger partial charge in [-0.3, -0.25) is 0 Å². The Balaban J connectivity index is 1.95. The van der Waals surface area contributed by atoms with Crippen LogP contribution in [0.3, 0.4) is 0 Å². The number of halogens is 1. The molecular formula is C17H16ClN3O2. The van der Waals surface area contributed by atoms with Crippen LogP contribution in [0.25, 0.3) is 11.1 Å². The molecule has 0 unspecified atom stereocenters. The summed E-state index contributed by atoms with van der Waals surface area (Å²) >= 11 is 5.93. The lowest BCUT2D eigenvalue weighted by Gasteiger charge is -2.07. The van der Waals surface area contributed by atoms with Crippen LogP contribution in [0.2, 0.25) is 5.02 Å². The summed E-state index contributed by atoms with van der Waals surface area (Å²) in [6.07, 6.45) is 0. The first kappa shape index (κ1) is 15.4. The Kier molecular flexibility index (Phi) is 4.21. The van der Waals surface area contributed by atoms with Gasteiger partial charge in [0.1, 0.15) is 0 Å². The van der Waals surface area contributed by atoms with Gasteiger partial charge in [-0.1, -0.05) is 41.9 Å². The van der Waals surface area contributed by atoms with Gasteiger partial charge >= 0.3 is 11.7 Å². The molecule has 2 aromatic carbocycles. The molecule has 23 heavy (non-hydrogen) atoms.